The maximum atomic E-state index is 13.1. The number of aldehydes is 1. The van der Waals surface area contributed by atoms with Gasteiger partial charge in [0.2, 0.25) is 5.91 Å². The molecule has 3 N–H and O–H groups in total. The van der Waals surface area contributed by atoms with E-state index in [1.165, 1.54) is 17.2 Å². The molecule has 14 heteroatoms. The first-order chi connectivity index (χ1) is 21.5. The van der Waals surface area contributed by atoms with Crippen LogP contribution < -0.4 is 19.7 Å². The topological polar surface area (TPSA) is 164 Å². The Kier molecular flexibility index (Phi) is 11.0. The molecule has 4 aromatic rings. The predicted molar refractivity (Wildman–Crippen MR) is 169 cm³/mol. The number of ether oxygens (including phenoxy) is 2. The second-order valence-electron chi connectivity index (χ2n) is 10.0. The van der Waals surface area contributed by atoms with Crippen molar-refractivity contribution in [1.82, 2.24) is 9.88 Å². The highest BCUT2D eigenvalue weighted by molar-refractivity contribution is 7.46. The van der Waals surface area contributed by atoms with E-state index in [4.69, 9.17) is 23.7 Å². The molecule has 2 aromatic heterocycles. The fourth-order valence-corrected chi connectivity index (χ4v) is 4.75. The van der Waals surface area contributed by atoms with Crippen molar-refractivity contribution in [3.63, 3.8) is 0 Å². The minimum atomic E-state index is -4.69. The van der Waals surface area contributed by atoms with E-state index in [0.29, 0.717) is 52.2 Å². The molecular weight excluding hydrogens is 603 g/mol. The van der Waals surface area contributed by atoms with Gasteiger partial charge in [0.15, 0.2) is 17.2 Å². The van der Waals surface area contributed by atoms with Crippen molar-refractivity contribution < 1.29 is 42.4 Å². The number of anilines is 2. The zero-order valence-corrected chi connectivity index (χ0v) is 26.2. The SMILES string of the molecule is COc1cccc(Oc2cccc3c(CN(C)C(=O)/C=C/c4cnc(N(C)COP(=O)(O)O)c(NCCC=O)c4)c(C)oc23)c1. The summed E-state index contributed by atoms with van der Waals surface area (Å²) in [5.74, 6) is 2.54. The standard InChI is InChI=1S/C31H35N4O9P/c1-21-26(25-10-6-11-28(30(25)43-21)44-24-9-5-8-23(17-24)41-4)19-34(2)29(37)13-12-22-16-27(32-14-7-15-36)31(33-18-22)35(3)20-42-45(38,39)40/h5-6,8-13,15-18,32H,7,14,19-20H2,1-4H3,(H2,38,39,40)/b13-12+. The third-order valence-electron chi connectivity index (χ3n) is 6.69. The monoisotopic (exact) mass is 638 g/mol. The number of furan rings is 1. The van der Waals surface area contributed by atoms with E-state index in [2.05, 4.69) is 14.8 Å². The Labute approximate surface area is 260 Å². The molecule has 0 saturated carbocycles. The predicted octanol–water partition coefficient (Wildman–Crippen LogP) is 5.11. The van der Waals surface area contributed by atoms with Gasteiger partial charge in [-0.05, 0) is 42.8 Å². The van der Waals surface area contributed by atoms with Crippen molar-refractivity contribution in [1.29, 1.82) is 0 Å². The Morgan fingerprint density at radius 1 is 1.13 bits per heavy atom. The van der Waals surface area contributed by atoms with Crippen LogP contribution in [0.5, 0.6) is 17.2 Å². The molecule has 238 valence electrons. The smallest absolute Gasteiger partial charge is 0.471 e. The number of nitrogens with one attached hydrogen (secondary N) is 1. The summed E-state index contributed by atoms with van der Waals surface area (Å²) in [5, 5.41) is 3.91. The van der Waals surface area contributed by atoms with Crippen molar-refractivity contribution in [3.05, 3.63) is 77.7 Å². The summed E-state index contributed by atoms with van der Waals surface area (Å²) < 4.78 is 33.1. The first-order valence-electron chi connectivity index (χ1n) is 13.8. The number of methoxy groups -OCH3 is 1. The Morgan fingerprint density at radius 2 is 1.89 bits per heavy atom. The number of carbonyl (C=O) groups excluding carboxylic acids is 2. The Bertz CT molecular complexity index is 1730. The third kappa shape index (κ3) is 8.93. The van der Waals surface area contributed by atoms with Crippen LogP contribution in [0.4, 0.5) is 11.5 Å². The summed E-state index contributed by atoms with van der Waals surface area (Å²) in [6.45, 7) is 2.01. The molecule has 0 unspecified atom stereocenters. The van der Waals surface area contributed by atoms with E-state index >= 15 is 0 Å². The van der Waals surface area contributed by atoms with Crippen LogP contribution in [0, 0.1) is 6.92 Å². The van der Waals surface area contributed by atoms with Crippen LogP contribution >= 0.6 is 7.82 Å². The van der Waals surface area contributed by atoms with Crippen LogP contribution in [0.25, 0.3) is 17.0 Å². The molecule has 0 aliphatic rings. The van der Waals surface area contributed by atoms with Crippen molar-refractivity contribution in [2.45, 2.75) is 19.9 Å². The third-order valence-corrected chi connectivity index (χ3v) is 7.14. The number of pyridine rings is 1. The zero-order valence-electron chi connectivity index (χ0n) is 25.3. The van der Waals surface area contributed by atoms with Crippen LogP contribution in [0.15, 0.2) is 65.2 Å². The van der Waals surface area contributed by atoms with Crippen molar-refractivity contribution >= 4 is 48.6 Å². The Hall–Kier alpha value is -4.68. The fraction of sp³-hybridized carbons (Fsp3) is 0.258. The summed E-state index contributed by atoms with van der Waals surface area (Å²) in [5.41, 5.74) is 2.49. The molecule has 2 aromatic carbocycles. The van der Waals surface area contributed by atoms with E-state index in [-0.39, 0.29) is 18.9 Å². The number of aryl methyl sites for hydroxylation is 1. The largest absolute Gasteiger partial charge is 0.497 e. The summed E-state index contributed by atoms with van der Waals surface area (Å²) in [4.78, 5) is 49.3. The van der Waals surface area contributed by atoms with Crippen LogP contribution in [-0.4, -0.2) is 66.3 Å². The number of benzene rings is 2. The van der Waals surface area contributed by atoms with Crippen LogP contribution in [-0.2, 0) is 25.2 Å². The maximum Gasteiger partial charge on any atom is 0.471 e. The van der Waals surface area contributed by atoms with Crippen LogP contribution in [0.1, 0.15) is 23.3 Å². The molecule has 4 rings (SSSR count). The number of phosphoric ester groups is 1. The summed E-state index contributed by atoms with van der Waals surface area (Å²) in [6, 6.07) is 14.6. The lowest BCUT2D eigenvalue weighted by Crippen LogP contribution is -2.24. The number of nitrogens with zero attached hydrogens (tertiary/aromatic N) is 3. The highest BCUT2D eigenvalue weighted by Gasteiger charge is 2.19. The second-order valence-corrected chi connectivity index (χ2v) is 11.3. The number of rotatable bonds is 15. The average Bonchev–Trinajstić information content (AvgIpc) is 3.34. The first-order valence-corrected chi connectivity index (χ1v) is 15.4. The van der Waals surface area contributed by atoms with E-state index in [1.54, 1.807) is 44.3 Å². The molecule has 0 radical (unpaired) electrons. The van der Waals surface area contributed by atoms with Crippen molar-refractivity contribution in [2.24, 2.45) is 0 Å². The molecule has 0 aliphatic heterocycles. The molecule has 0 spiro atoms. The number of phosphoric acid groups is 1. The van der Waals surface area contributed by atoms with Crippen LogP contribution in [0.3, 0.4) is 0 Å². The highest BCUT2D eigenvalue weighted by Crippen LogP contribution is 2.37. The number of carbonyl (C=O) groups is 2. The van der Waals surface area contributed by atoms with Gasteiger partial charge in [0.05, 0.1) is 12.8 Å². The lowest BCUT2D eigenvalue weighted by atomic mass is 10.1. The number of para-hydroxylation sites is 1. The molecule has 13 nitrogen and oxygen atoms in total. The summed E-state index contributed by atoms with van der Waals surface area (Å²) in [6.07, 6.45) is 5.53. The van der Waals surface area contributed by atoms with Gasteiger partial charge in [-0.25, -0.2) is 9.55 Å². The quantitative estimate of drug-likeness (QED) is 0.0519. The number of fused-ring (bicyclic) bond motifs is 1. The lowest BCUT2D eigenvalue weighted by Gasteiger charge is -2.22. The molecule has 0 bridgehead atoms. The number of aromatic nitrogens is 1. The second kappa shape index (κ2) is 14.9. The molecule has 0 saturated heterocycles. The van der Waals surface area contributed by atoms with E-state index in [0.717, 1.165) is 17.2 Å². The van der Waals surface area contributed by atoms with E-state index in [9.17, 15) is 14.2 Å². The zero-order chi connectivity index (χ0) is 32.6. The van der Waals surface area contributed by atoms with Gasteiger partial charge in [-0.15, -0.1) is 0 Å². The van der Waals surface area contributed by atoms with Gasteiger partial charge in [-0.1, -0.05) is 18.2 Å². The molecule has 2 heterocycles. The number of amides is 1. The van der Waals surface area contributed by atoms with Gasteiger partial charge in [0.25, 0.3) is 0 Å². The van der Waals surface area contributed by atoms with Crippen molar-refractivity contribution in [3.8, 4) is 17.2 Å². The first kappa shape index (κ1) is 33.2. The summed E-state index contributed by atoms with van der Waals surface area (Å²) >= 11 is 0. The van der Waals surface area contributed by atoms with Crippen LogP contribution in [0.2, 0.25) is 0 Å². The van der Waals surface area contributed by atoms with E-state index < -0.39 is 14.6 Å². The molecule has 1 amide bonds. The van der Waals surface area contributed by atoms with E-state index in [1.807, 2.05) is 43.3 Å². The normalized spacial score (nSPS) is 11.5. The fourth-order valence-electron chi connectivity index (χ4n) is 4.43. The molecule has 0 fully saturated rings. The number of hydrogen-bond acceptors (Lipinski definition) is 10. The number of hydrogen-bond donors (Lipinski definition) is 3. The highest BCUT2D eigenvalue weighted by atomic mass is 31.2. The van der Waals surface area contributed by atoms with Gasteiger partial charge in [-0.2, -0.15) is 0 Å². The Balaban J connectivity index is 1.49. The summed E-state index contributed by atoms with van der Waals surface area (Å²) in [7, 11) is 0.136. The molecular formula is C31H35N4O9P. The van der Waals surface area contributed by atoms with Crippen molar-refractivity contribution in [2.75, 3.05) is 44.7 Å². The minimum absolute atomic E-state index is 0.238. The molecule has 45 heavy (non-hydrogen) atoms. The maximum absolute atomic E-state index is 13.1. The van der Waals surface area contributed by atoms with Gasteiger partial charge < -0.3 is 43.6 Å². The molecule has 0 aliphatic carbocycles. The number of likely N-dealkylation sites (N-methyl/N-ethyl adjacent to an activating group) is 1. The lowest BCUT2D eigenvalue weighted by molar-refractivity contribution is -0.125. The minimum Gasteiger partial charge on any atom is -0.497 e. The average molecular weight is 639 g/mol. The Morgan fingerprint density at radius 3 is 2.62 bits per heavy atom. The van der Waals surface area contributed by atoms with Gasteiger partial charge in [0, 0.05) is 62.9 Å². The van der Waals surface area contributed by atoms with Gasteiger partial charge in [0.1, 0.15) is 30.3 Å². The molecule has 0 atom stereocenters. The van der Waals surface area contributed by atoms with Gasteiger partial charge >= 0.3 is 7.82 Å². The van der Waals surface area contributed by atoms with Gasteiger partial charge in [-0.3, -0.25) is 9.32 Å².